The molecule has 1 aromatic rings. The van der Waals surface area contributed by atoms with Crippen molar-refractivity contribution in [3.8, 4) is 0 Å². The lowest BCUT2D eigenvalue weighted by atomic mass is 10.3. The van der Waals surface area contributed by atoms with Crippen LogP contribution in [0.1, 0.15) is 12.8 Å². The Morgan fingerprint density at radius 1 is 1.31 bits per heavy atom. The second-order valence-corrected chi connectivity index (χ2v) is 5.75. The Hall–Kier alpha value is -0.533. The molecule has 0 atom stereocenters. The highest BCUT2D eigenvalue weighted by Gasteiger charge is 1.97. The zero-order valence-corrected chi connectivity index (χ0v) is 9.97. The first kappa shape index (κ1) is 10.5. The largest absolute Gasteiger partial charge is 0.127 e. The molecule has 0 aliphatic heterocycles. The van der Waals surface area contributed by atoms with Gasteiger partial charge in [0, 0.05) is 5.88 Å². The van der Waals surface area contributed by atoms with Crippen molar-refractivity contribution in [2.45, 2.75) is 12.8 Å². The van der Waals surface area contributed by atoms with Crippen molar-refractivity contribution in [1.29, 1.82) is 0 Å². The Bertz CT molecular complexity index is 256. The van der Waals surface area contributed by atoms with Crippen LogP contribution in [0.25, 0.3) is 0 Å². The summed E-state index contributed by atoms with van der Waals surface area (Å²) in [7, 11) is -0.260. The Balaban J connectivity index is 2.37. The maximum Gasteiger partial charge on any atom is 0.0816 e. The topological polar surface area (TPSA) is 0 Å². The van der Waals surface area contributed by atoms with E-state index in [9.17, 15) is 0 Å². The Morgan fingerprint density at radius 2 is 2.00 bits per heavy atom. The van der Waals surface area contributed by atoms with E-state index in [4.69, 9.17) is 11.6 Å². The predicted molar refractivity (Wildman–Crippen MR) is 63.7 cm³/mol. The quantitative estimate of drug-likeness (QED) is 0.516. The fourth-order valence-electron chi connectivity index (χ4n) is 1.29. The molecule has 1 aromatic carbocycles. The van der Waals surface area contributed by atoms with E-state index < -0.39 is 0 Å². The van der Waals surface area contributed by atoms with Crippen LogP contribution in [0.15, 0.2) is 42.1 Å². The normalized spacial score (nSPS) is 10.8. The van der Waals surface area contributed by atoms with Crippen LogP contribution in [0.2, 0.25) is 0 Å². The van der Waals surface area contributed by atoms with Crippen LogP contribution >= 0.6 is 11.6 Å². The van der Waals surface area contributed by atoms with E-state index in [0.717, 1.165) is 18.7 Å². The number of alkyl halides is 1. The zero-order chi connectivity index (χ0) is 9.52. The molecule has 0 aliphatic carbocycles. The van der Waals surface area contributed by atoms with Gasteiger partial charge in [0.15, 0.2) is 0 Å². The number of benzene rings is 1. The summed E-state index contributed by atoms with van der Waals surface area (Å²) in [6.45, 7) is 4.09. The van der Waals surface area contributed by atoms with E-state index in [1.54, 1.807) is 0 Å². The molecule has 0 aliphatic rings. The summed E-state index contributed by atoms with van der Waals surface area (Å²) >= 11 is 5.62. The summed E-state index contributed by atoms with van der Waals surface area (Å²) in [5.74, 6) is 0.752. The third-order valence-electron chi connectivity index (χ3n) is 1.96. The van der Waals surface area contributed by atoms with E-state index in [2.05, 4.69) is 36.9 Å². The molecule has 70 valence electrons. The van der Waals surface area contributed by atoms with Crippen molar-refractivity contribution < 1.29 is 0 Å². The minimum absolute atomic E-state index is 0.260. The number of halogens is 1. The SMILES string of the molecule is C=C(CCCCl)[SiH2]c1ccccc1. The van der Waals surface area contributed by atoms with Crippen LogP contribution in [0.5, 0.6) is 0 Å². The average molecular weight is 211 g/mol. The highest BCUT2D eigenvalue weighted by molar-refractivity contribution is 6.60. The smallest absolute Gasteiger partial charge is 0.0816 e. The monoisotopic (exact) mass is 210 g/mol. The number of allylic oxidation sites excluding steroid dienone is 1. The van der Waals surface area contributed by atoms with Gasteiger partial charge >= 0.3 is 0 Å². The lowest BCUT2D eigenvalue weighted by molar-refractivity contribution is 0.953. The molecule has 0 spiro atoms. The van der Waals surface area contributed by atoms with Gasteiger partial charge in [0.1, 0.15) is 0 Å². The highest BCUT2D eigenvalue weighted by atomic mass is 35.5. The molecule has 0 amide bonds. The van der Waals surface area contributed by atoms with Gasteiger partial charge < -0.3 is 0 Å². The molecule has 0 nitrogen and oxygen atoms in total. The zero-order valence-electron chi connectivity index (χ0n) is 7.80. The summed E-state index contributed by atoms with van der Waals surface area (Å²) < 4.78 is 0. The summed E-state index contributed by atoms with van der Waals surface area (Å²) in [4.78, 5) is 0. The van der Waals surface area contributed by atoms with Crippen molar-refractivity contribution in [2.75, 3.05) is 5.88 Å². The van der Waals surface area contributed by atoms with Gasteiger partial charge in [-0.2, -0.15) is 0 Å². The molecule has 0 N–H and O–H groups in total. The minimum Gasteiger partial charge on any atom is -0.127 e. The van der Waals surface area contributed by atoms with Gasteiger partial charge in [0.05, 0.1) is 9.52 Å². The van der Waals surface area contributed by atoms with Crippen LogP contribution in [-0.4, -0.2) is 15.4 Å². The molecule has 0 heterocycles. The molecule has 0 radical (unpaired) electrons. The Kier molecular flexibility index (Phi) is 4.87. The molecule has 0 bridgehead atoms. The van der Waals surface area contributed by atoms with Crippen LogP contribution in [0.3, 0.4) is 0 Å². The van der Waals surface area contributed by atoms with E-state index >= 15 is 0 Å². The van der Waals surface area contributed by atoms with Crippen LogP contribution in [-0.2, 0) is 0 Å². The van der Waals surface area contributed by atoms with Gasteiger partial charge in [-0.1, -0.05) is 40.7 Å². The molecular weight excluding hydrogens is 196 g/mol. The van der Waals surface area contributed by atoms with E-state index in [0.29, 0.717) is 0 Å². The van der Waals surface area contributed by atoms with Crippen LogP contribution < -0.4 is 5.19 Å². The van der Waals surface area contributed by atoms with Crippen LogP contribution in [0.4, 0.5) is 0 Å². The fraction of sp³-hybridized carbons (Fsp3) is 0.273. The molecule has 0 fully saturated rings. The first-order valence-corrected chi connectivity index (χ1v) is 6.54. The molecule has 0 unspecified atom stereocenters. The minimum atomic E-state index is -0.260. The van der Waals surface area contributed by atoms with Gasteiger partial charge in [0.25, 0.3) is 0 Å². The third-order valence-corrected chi connectivity index (χ3v) is 3.96. The van der Waals surface area contributed by atoms with Gasteiger partial charge in [0.2, 0.25) is 0 Å². The fourth-order valence-corrected chi connectivity index (χ4v) is 2.94. The first-order chi connectivity index (χ1) is 6.33. The predicted octanol–water partition coefficient (Wildman–Crippen LogP) is 2.01. The molecule has 13 heavy (non-hydrogen) atoms. The molecule has 1 rings (SSSR count). The Morgan fingerprint density at radius 3 is 2.62 bits per heavy atom. The average Bonchev–Trinajstić information content (AvgIpc) is 2.16. The molecular formula is C11H15ClSi. The third kappa shape index (κ3) is 4.30. The second kappa shape index (κ2) is 6.00. The summed E-state index contributed by atoms with van der Waals surface area (Å²) in [6.07, 6.45) is 2.17. The second-order valence-electron chi connectivity index (χ2n) is 3.20. The summed E-state index contributed by atoms with van der Waals surface area (Å²) in [5.41, 5.74) is 0. The Labute approximate surface area is 87.4 Å². The number of hydrogen-bond donors (Lipinski definition) is 0. The first-order valence-electron chi connectivity index (χ1n) is 4.59. The molecule has 2 heteroatoms. The molecule has 0 aromatic heterocycles. The van der Waals surface area contributed by atoms with Gasteiger partial charge in [-0.05, 0) is 12.8 Å². The van der Waals surface area contributed by atoms with E-state index in [-0.39, 0.29) is 9.52 Å². The maximum absolute atomic E-state index is 5.62. The summed E-state index contributed by atoms with van der Waals surface area (Å²) in [6, 6.07) is 10.6. The van der Waals surface area contributed by atoms with Crippen molar-refractivity contribution in [3.05, 3.63) is 42.1 Å². The van der Waals surface area contributed by atoms with Gasteiger partial charge in [-0.3, -0.25) is 0 Å². The lowest BCUT2D eigenvalue weighted by Gasteiger charge is -2.03. The maximum atomic E-state index is 5.62. The number of rotatable bonds is 5. The van der Waals surface area contributed by atoms with E-state index in [1.807, 2.05) is 0 Å². The summed E-state index contributed by atoms with van der Waals surface area (Å²) in [5, 5.41) is 2.88. The number of hydrogen-bond acceptors (Lipinski definition) is 0. The molecule has 0 saturated carbocycles. The van der Waals surface area contributed by atoms with E-state index in [1.165, 1.54) is 10.4 Å². The van der Waals surface area contributed by atoms with Crippen molar-refractivity contribution >= 4 is 26.3 Å². The van der Waals surface area contributed by atoms with Crippen molar-refractivity contribution in [1.82, 2.24) is 0 Å². The van der Waals surface area contributed by atoms with Crippen molar-refractivity contribution in [2.24, 2.45) is 0 Å². The lowest BCUT2D eigenvalue weighted by Crippen LogP contribution is -2.15. The van der Waals surface area contributed by atoms with Gasteiger partial charge in [-0.25, -0.2) is 0 Å². The molecule has 0 saturated heterocycles. The van der Waals surface area contributed by atoms with Crippen LogP contribution in [0, 0.1) is 0 Å². The standard InChI is InChI=1S/C11H15ClSi/c1-10(6-5-9-12)13-11-7-3-2-4-8-11/h2-4,7-8H,1,5-6,9,13H2. The van der Waals surface area contributed by atoms with Gasteiger partial charge in [-0.15, -0.1) is 18.2 Å². The van der Waals surface area contributed by atoms with Crippen molar-refractivity contribution in [3.63, 3.8) is 0 Å². The highest BCUT2D eigenvalue weighted by Crippen LogP contribution is 2.01.